The first kappa shape index (κ1) is 20.0. The molecule has 1 aromatic rings. The molecular formula is C19H28FN3O3. The third-order valence-corrected chi connectivity index (χ3v) is 4.46. The molecule has 2 atom stereocenters. The van der Waals surface area contributed by atoms with Crippen molar-refractivity contribution in [2.75, 3.05) is 33.4 Å². The van der Waals surface area contributed by atoms with Crippen LogP contribution in [-0.2, 0) is 16.1 Å². The zero-order chi connectivity index (χ0) is 19.1. The Bertz CT molecular complexity index is 651. The first-order valence-corrected chi connectivity index (χ1v) is 9.02. The number of nitrogens with one attached hydrogen (secondary N) is 1. The smallest absolute Gasteiger partial charge is 0.310 e. The van der Waals surface area contributed by atoms with E-state index >= 15 is 0 Å². The van der Waals surface area contributed by atoms with E-state index in [0.717, 1.165) is 18.1 Å². The molecule has 0 aromatic heterocycles. The number of halogens is 1. The molecule has 1 heterocycles. The van der Waals surface area contributed by atoms with E-state index in [1.807, 2.05) is 26.8 Å². The molecule has 0 saturated carbocycles. The van der Waals surface area contributed by atoms with Gasteiger partial charge in [0, 0.05) is 19.6 Å². The highest BCUT2D eigenvalue weighted by atomic mass is 19.1. The number of esters is 1. The molecule has 1 aliphatic rings. The Morgan fingerprint density at radius 2 is 2.15 bits per heavy atom. The largest absolute Gasteiger partial charge is 0.491 e. The minimum atomic E-state index is -0.384. The maximum atomic E-state index is 14.0. The zero-order valence-electron chi connectivity index (χ0n) is 15.9. The van der Waals surface area contributed by atoms with Crippen molar-refractivity contribution in [2.45, 2.75) is 27.3 Å². The second-order valence-corrected chi connectivity index (χ2v) is 6.38. The summed E-state index contributed by atoms with van der Waals surface area (Å²) in [6.45, 7) is 8.62. The number of likely N-dealkylation sites (tertiary alicyclic amines) is 1. The van der Waals surface area contributed by atoms with Crippen molar-refractivity contribution in [1.82, 2.24) is 10.2 Å². The molecule has 2 rings (SSSR count). The van der Waals surface area contributed by atoms with Gasteiger partial charge in [-0.1, -0.05) is 13.0 Å². The van der Waals surface area contributed by atoms with Crippen molar-refractivity contribution < 1.29 is 18.7 Å². The Balaban J connectivity index is 2.09. The van der Waals surface area contributed by atoms with E-state index in [1.54, 1.807) is 6.07 Å². The topological polar surface area (TPSA) is 63.2 Å². The lowest BCUT2D eigenvalue weighted by atomic mass is 9.99. The van der Waals surface area contributed by atoms with E-state index in [4.69, 9.17) is 9.47 Å². The highest BCUT2D eigenvalue weighted by Crippen LogP contribution is 2.24. The highest BCUT2D eigenvalue weighted by Gasteiger charge is 2.36. The molecular weight excluding hydrogens is 337 g/mol. The van der Waals surface area contributed by atoms with Crippen molar-refractivity contribution in [3.63, 3.8) is 0 Å². The maximum absolute atomic E-state index is 14.0. The summed E-state index contributed by atoms with van der Waals surface area (Å²) in [6, 6.07) is 4.88. The molecule has 1 N–H and O–H groups in total. The Morgan fingerprint density at radius 1 is 1.38 bits per heavy atom. The van der Waals surface area contributed by atoms with Crippen molar-refractivity contribution >= 4 is 11.9 Å². The highest BCUT2D eigenvalue weighted by molar-refractivity contribution is 5.82. The van der Waals surface area contributed by atoms with Gasteiger partial charge in [-0.25, -0.2) is 9.38 Å². The number of benzene rings is 1. The van der Waals surface area contributed by atoms with Crippen LogP contribution in [0.2, 0.25) is 0 Å². The van der Waals surface area contributed by atoms with Crippen molar-refractivity contribution in [3.05, 3.63) is 29.6 Å². The summed E-state index contributed by atoms with van der Waals surface area (Å²) < 4.78 is 24.1. The van der Waals surface area contributed by atoms with E-state index in [0.29, 0.717) is 26.2 Å². The first-order valence-electron chi connectivity index (χ1n) is 9.02. The molecule has 26 heavy (non-hydrogen) atoms. The van der Waals surface area contributed by atoms with E-state index < -0.39 is 0 Å². The van der Waals surface area contributed by atoms with Gasteiger partial charge in [-0.3, -0.25) is 4.79 Å². The van der Waals surface area contributed by atoms with Crippen LogP contribution >= 0.6 is 0 Å². The molecule has 0 spiro atoms. The first-order chi connectivity index (χ1) is 12.5. The molecule has 2 unspecified atom stereocenters. The number of carbonyl (C=O) groups excluding carboxylic acids is 1. The zero-order valence-corrected chi connectivity index (χ0v) is 15.9. The van der Waals surface area contributed by atoms with Gasteiger partial charge >= 0.3 is 5.97 Å². The Kier molecular flexibility index (Phi) is 7.24. The van der Waals surface area contributed by atoms with E-state index in [-0.39, 0.29) is 29.4 Å². The number of hydrogen-bond acceptors (Lipinski definition) is 4. The molecule has 0 aliphatic carbocycles. The molecule has 1 fully saturated rings. The van der Waals surface area contributed by atoms with Gasteiger partial charge in [-0.15, -0.1) is 0 Å². The summed E-state index contributed by atoms with van der Waals surface area (Å²) in [6.07, 6.45) is 0. The third kappa shape index (κ3) is 4.86. The molecule has 6 nitrogen and oxygen atoms in total. The summed E-state index contributed by atoms with van der Waals surface area (Å²) >= 11 is 0. The summed E-state index contributed by atoms with van der Waals surface area (Å²) in [4.78, 5) is 18.6. The fourth-order valence-electron chi connectivity index (χ4n) is 3.11. The van der Waals surface area contributed by atoms with Crippen molar-refractivity contribution in [2.24, 2.45) is 16.8 Å². The molecule has 0 bridgehead atoms. The number of rotatable bonds is 6. The minimum absolute atomic E-state index is 0.160. The fraction of sp³-hybridized carbons (Fsp3) is 0.579. The molecule has 0 amide bonds. The Hall–Kier alpha value is -2.31. The van der Waals surface area contributed by atoms with E-state index in [2.05, 4.69) is 15.2 Å². The SMILES string of the molecule is CCNC(=NCc1ccc(OCC)c(F)c1)N1CC(C)C(C(=O)OC)C1. The second kappa shape index (κ2) is 9.40. The van der Waals surface area contributed by atoms with Crippen LogP contribution in [-0.4, -0.2) is 50.2 Å². The van der Waals surface area contributed by atoms with E-state index in [1.165, 1.54) is 13.2 Å². The third-order valence-electron chi connectivity index (χ3n) is 4.46. The number of ether oxygens (including phenoxy) is 2. The number of nitrogens with zero attached hydrogens (tertiary/aromatic N) is 2. The van der Waals surface area contributed by atoms with Gasteiger partial charge in [0.2, 0.25) is 0 Å². The normalized spacial score (nSPS) is 20.2. The molecule has 144 valence electrons. The van der Waals surface area contributed by atoms with Gasteiger partial charge in [0.05, 0.1) is 26.2 Å². The summed E-state index contributed by atoms with van der Waals surface area (Å²) in [5.41, 5.74) is 0.762. The summed E-state index contributed by atoms with van der Waals surface area (Å²) in [5.74, 6) is 0.428. The van der Waals surface area contributed by atoms with Gasteiger partial charge in [-0.05, 0) is 37.5 Å². The average molecular weight is 365 g/mol. The van der Waals surface area contributed by atoms with Crippen LogP contribution in [0.15, 0.2) is 23.2 Å². The monoisotopic (exact) mass is 365 g/mol. The summed E-state index contributed by atoms with van der Waals surface area (Å²) in [7, 11) is 1.41. The van der Waals surface area contributed by atoms with E-state index in [9.17, 15) is 9.18 Å². The maximum Gasteiger partial charge on any atom is 0.310 e. The van der Waals surface area contributed by atoms with Gasteiger partial charge in [-0.2, -0.15) is 0 Å². The number of guanidine groups is 1. The number of aliphatic imine (C=N–C) groups is 1. The van der Waals surface area contributed by atoms with Crippen molar-refractivity contribution in [1.29, 1.82) is 0 Å². The predicted octanol–water partition coefficient (Wildman–Crippen LogP) is 2.43. The minimum Gasteiger partial charge on any atom is -0.491 e. The molecule has 1 aliphatic heterocycles. The number of methoxy groups -OCH3 is 1. The van der Waals surface area contributed by atoms with Crippen LogP contribution in [0.5, 0.6) is 5.75 Å². The lowest BCUT2D eigenvalue weighted by Crippen LogP contribution is -2.40. The van der Waals surface area contributed by atoms with Crippen LogP contribution < -0.4 is 10.1 Å². The second-order valence-electron chi connectivity index (χ2n) is 6.38. The summed E-state index contributed by atoms with van der Waals surface area (Å²) in [5, 5.41) is 3.24. The van der Waals surface area contributed by atoms with Gasteiger partial charge in [0.1, 0.15) is 0 Å². The van der Waals surface area contributed by atoms with Crippen LogP contribution in [0, 0.1) is 17.7 Å². The van der Waals surface area contributed by atoms with Crippen LogP contribution in [0.25, 0.3) is 0 Å². The number of hydrogen-bond donors (Lipinski definition) is 1. The Labute approximate surface area is 154 Å². The van der Waals surface area contributed by atoms with Crippen LogP contribution in [0.1, 0.15) is 26.3 Å². The molecule has 1 aromatic carbocycles. The molecule has 7 heteroatoms. The van der Waals surface area contributed by atoms with Gasteiger partial charge in [0.15, 0.2) is 17.5 Å². The van der Waals surface area contributed by atoms with Gasteiger partial charge < -0.3 is 19.7 Å². The lowest BCUT2D eigenvalue weighted by molar-refractivity contribution is -0.145. The predicted molar refractivity (Wildman–Crippen MR) is 98.6 cm³/mol. The van der Waals surface area contributed by atoms with Crippen LogP contribution in [0.4, 0.5) is 4.39 Å². The van der Waals surface area contributed by atoms with Gasteiger partial charge in [0.25, 0.3) is 0 Å². The molecule has 0 radical (unpaired) electrons. The Morgan fingerprint density at radius 3 is 2.77 bits per heavy atom. The lowest BCUT2D eigenvalue weighted by Gasteiger charge is -2.21. The van der Waals surface area contributed by atoms with Crippen LogP contribution in [0.3, 0.4) is 0 Å². The standard InChI is InChI=1S/C19H28FN3O3/c1-5-21-19(23-11-13(3)15(12-23)18(24)25-4)22-10-14-7-8-17(26-6-2)16(20)9-14/h7-9,13,15H,5-6,10-12H2,1-4H3,(H,21,22). The van der Waals surface area contributed by atoms with Crippen molar-refractivity contribution in [3.8, 4) is 5.75 Å². The fourth-order valence-corrected chi connectivity index (χ4v) is 3.11. The quantitative estimate of drug-likeness (QED) is 0.477. The molecule has 1 saturated heterocycles. The number of carbonyl (C=O) groups is 1. The average Bonchev–Trinajstić information content (AvgIpc) is 3.01.